The molecule has 1 aromatic carbocycles. The van der Waals surface area contributed by atoms with E-state index < -0.39 is 33.1 Å². The monoisotopic (exact) mass is 425 g/mol. The summed E-state index contributed by atoms with van der Waals surface area (Å²) in [6.45, 7) is 1.90. The summed E-state index contributed by atoms with van der Waals surface area (Å²) in [7, 11) is 0. The van der Waals surface area contributed by atoms with Crippen LogP contribution < -0.4 is 16.2 Å². The summed E-state index contributed by atoms with van der Waals surface area (Å²) in [5.74, 6) is -2.28. The van der Waals surface area contributed by atoms with E-state index in [0.29, 0.717) is 5.69 Å². The lowest BCUT2D eigenvalue weighted by atomic mass is 9.86. The van der Waals surface area contributed by atoms with Crippen LogP contribution in [0.4, 0.5) is 17.5 Å². The van der Waals surface area contributed by atoms with E-state index in [1.807, 2.05) is 19.1 Å². The van der Waals surface area contributed by atoms with E-state index in [1.54, 1.807) is 12.1 Å². The van der Waals surface area contributed by atoms with Crippen molar-refractivity contribution in [2.24, 2.45) is 5.73 Å². The molecule has 3 aromatic rings. The minimum Gasteiger partial charge on any atom is -0.403 e. The highest BCUT2D eigenvalue weighted by Gasteiger charge is 2.52. The fraction of sp³-hybridized carbons (Fsp3) is 0.105. The van der Waals surface area contributed by atoms with Crippen molar-refractivity contribution < 1.29 is 23.5 Å². The van der Waals surface area contributed by atoms with Gasteiger partial charge in [0.15, 0.2) is 5.54 Å². The Morgan fingerprint density at radius 3 is 1.90 bits per heavy atom. The fourth-order valence-electron chi connectivity index (χ4n) is 3.34. The normalized spacial score (nSPS) is 15.0. The molecule has 2 aromatic heterocycles. The average Bonchev–Trinajstić information content (AvgIpc) is 3.45. The number of carbonyl (C=O) groups excluding carboxylic acids is 1. The largest absolute Gasteiger partial charge is 0.433 e. The summed E-state index contributed by atoms with van der Waals surface area (Å²) in [5.41, 5.74) is 8.36. The van der Waals surface area contributed by atoms with Gasteiger partial charge in [0, 0.05) is 6.20 Å². The Morgan fingerprint density at radius 2 is 1.48 bits per heavy atom. The SMILES string of the molecule is Cc1ccc(N2C=C(C(N)=O)C(c3ccc([N+](=O)[O-])o3)(c3ccc([N+](=O)[O-])o3)N2)cc1. The minimum atomic E-state index is -1.78. The maximum Gasteiger partial charge on any atom is 0.433 e. The number of amides is 1. The van der Waals surface area contributed by atoms with E-state index in [0.717, 1.165) is 17.7 Å². The molecule has 1 aliphatic rings. The molecular weight excluding hydrogens is 410 g/mol. The Morgan fingerprint density at radius 1 is 0.968 bits per heavy atom. The van der Waals surface area contributed by atoms with E-state index in [-0.39, 0.29) is 17.1 Å². The second-order valence-electron chi connectivity index (χ2n) is 6.76. The summed E-state index contributed by atoms with van der Waals surface area (Å²) in [6, 6.07) is 12.0. The molecule has 158 valence electrons. The molecule has 1 amide bonds. The molecule has 4 rings (SSSR count). The van der Waals surface area contributed by atoms with Crippen molar-refractivity contribution in [3.63, 3.8) is 0 Å². The number of rotatable bonds is 6. The first-order valence-electron chi connectivity index (χ1n) is 8.87. The molecule has 0 bridgehead atoms. The number of aryl methyl sites for hydroxylation is 1. The van der Waals surface area contributed by atoms with Crippen molar-refractivity contribution in [2.75, 3.05) is 5.01 Å². The van der Waals surface area contributed by atoms with Crippen molar-refractivity contribution in [3.8, 4) is 0 Å². The van der Waals surface area contributed by atoms with Crippen LogP contribution in [0.5, 0.6) is 0 Å². The number of primary amides is 1. The number of furan rings is 2. The maximum atomic E-state index is 12.4. The van der Waals surface area contributed by atoms with Crippen LogP contribution in [0.2, 0.25) is 0 Å². The van der Waals surface area contributed by atoms with Gasteiger partial charge >= 0.3 is 11.8 Å². The van der Waals surface area contributed by atoms with Crippen LogP contribution in [-0.4, -0.2) is 15.8 Å². The zero-order valence-corrected chi connectivity index (χ0v) is 16.0. The molecule has 1 aliphatic heterocycles. The first kappa shape index (κ1) is 19.8. The van der Waals surface area contributed by atoms with Crippen LogP contribution in [0.1, 0.15) is 17.1 Å². The van der Waals surface area contributed by atoms with Gasteiger partial charge in [-0.25, -0.2) is 5.43 Å². The molecule has 0 radical (unpaired) electrons. The number of anilines is 1. The fourth-order valence-corrected chi connectivity index (χ4v) is 3.34. The van der Waals surface area contributed by atoms with Gasteiger partial charge in [-0.15, -0.1) is 0 Å². The molecule has 0 atom stereocenters. The predicted molar refractivity (Wildman–Crippen MR) is 106 cm³/mol. The number of hydrogen-bond donors (Lipinski definition) is 2. The quantitative estimate of drug-likeness (QED) is 0.445. The van der Waals surface area contributed by atoms with E-state index in [9.17, 15) is 25.0 Å². The number of nitrogens with one attached hydrogen (secondary N) is 1. The maximum absolute atomic E-state index is 12.4. The summed E-state index contributed by atoms with van der Waals surface area (Å²) < 4.78 is 10.7. The molecule has 0 unspecified atom stereocenters. The summed E-state index contributed by atoms with van der Waals surface area (Å²) in [6.07, 6.45) is 1.38. The zero-order valence-electron chi connectivity index (χ0n) is 16.0. The third-order valence-corrected chi connectivity index (χ3v) is 4.81. The lowest BCUT2D eigenvalue weighted by Gasteiger charge is -2.29. The molecular formula is C19H15N5O7. The van der Waals surface area contributed by atoms with Crippen LogP contribution >= 0.6 is 0 Å². The second-order valence-corrected chi connectivity index (χ2v) is 6.76. The standard InChI is InChI=1S/C19H15N5O7/c1-11-2-4-12(5-3-11)22-10-13(18(20)25)19(21-22,14-6-8-16(30-14)23(26)27)15-7-9-17(31-15)24(28)29/h2-10,21H,1H3,(H2,20,25). The predicted octanol–water partition coefficient (Wildman–Crippen LogP) is 2.64. The number of benzene rings is 1. The number of hydrogen-bond acceptors (Lipinski definition) is 9. The van der Waals surface area contributed by atoms with Crippen molar-refractivity contribution in [1.82, 2.24) is 5.43 Å². The number of carbonyl (C=O) groups is 1. The van der Waals surface area contributed by atoms with Gasteiger partial charge in [0.1, 0.15) is 21.4 Å². The van der Waals surface area contributed by atoms with Crippen LogP contribution in [0.3, 0.4) is 0 Å². The van der Waals surface area contributed by atoms with Crippen LogP contribution in [0, 0.1) is 27.2 Å². The van der Waals surface area contributed by atoms with Crippen LogP contribution in [0.15, 0.2) is 69.1 Å². The lowest BCUT2D eigenvalue weighted by Crippen LogP contribution is -2.48. The second kappa shape index (κ2) is 7.11. The first-order valence-corrected chi connectivity index (χ1v) is 8.87. The summed E-state index contributed by atoms with van der Waals surface area (Å²) >= 11 is 0. The third-order valence-electron chi connectivity index (χ3n) is 4.81. The Hall–Kier alpha value is -4.45. The van der Waals surface area contributed by atoms with E-state index in [4.69, 9.17) is 14.6 Å². The van der Waals surface area contributed by atoms with Crippen molar-refractivity contribution >= 4 is 23.4 Å². The number of nitrogens with zero attached hydrogens (tertiary/aromatic N) is 3. The minimum absolute atomic E-state index is 0.0958. The number of hydrazine groups is 1. The highest BCUT2D eigenvalue weighted by atomic mass is 16.7. The van der Waals surface area contributed by atoms with Gasteiger partial charge in [0.2, 0.25) is 5.91 Å². The zero-order chi connectivity index (χ0) is 22.3. The number of nitrogens with two attached hydrogens (primary N) is 1. The smallest absolute Gasteiger partial charge is 0.403 e. The lowest BCUT2D eigenvalue weighted by molar-refractivity contribution is -0.402. The third kappa shape index (κ3) is 3.20. The molecule has 0 saturated heterocycles. The highest BCUT2D eigenvalue weighted by Crippen LogP contribution is 2.44. The van der Waals surface area contributed by atoms with E-state index >= 15 is 0 Å². The van der Waals surface area contributed by atoms with Gasteiger partial charge < -0.3 is 14.6 Å². The van der Waals surface area contributed by atoms with E-state index in [1.165, 1.54) is 23.3 Å². The van der Waals surface area contributed by atoms with E-state index in [2.05, 4.69) is 5.43 Å². The first-order chi connectivity index (χ1) is 14.7. The average molecular weight is 425 g/mol. The molecule has 0 saturated carbocycles. The molecule has 12 nitrogen and oxygen atoms in total. The topological polar surface area (TPSA) is 171 Å². The van der Waals surface area contributed by atoms with Crippen molar-refractivity contribution in [2.45, 2.75) is 12.5 Å². The van der Waals surface area contributed by atoms with Gasteiger partial charge in [0.25, 0.3) is 0 Å². The summed E-state index contributed by atoms with van der Waals surface area (Å²) in [5, 5.41) is 23.8. The van der Waals surface area contributed by atoms with Gasteiger partial charge in [-0.3, -0.25) is 30.0 Å². The molecule has 31 heavy (non-hydrogen) atoms. The molecule has 3 N–H and O–H groups in total. The van der Waals surface area contributed by atoms with Gasteiger partial charge in [-0.05, 0) is 31.2 Å². The van der Waals surface area contributed by atoms with Gasteiger partial charge in [0.05, 0.1) is 23.4 Å². The Kier molecular flexibility index (Phi) is 4.55. The Balaban J connectivity index is 1.92. The number of nitro groups is 2. The Labute approximate surface area is 173 Å². The van der Waals surface area contributed by atoms with Gasteiger partial charge in [-0.2, -0.15) is 0 Å². The molecule has 0 aliphatic carbocycles. The van der Waals surface area contributed by atoms with Crippen LogP contribution in [-0.2, 0) is 10.3 Å². The molecule has 3 heterocycles. The summed E-state index contributed by atoms with van der Waals surface area (Å²) in [4.78, 5) is 33.2. The molecule has 0 spiro atoms. The molecule has 0 fully saturated rings. The van der Waals surface area contributed by atoms with Crippen LogP contribution in [0.25, 0.3) is 0 Å². The van der Waals surface area contributed by atoms with Gasteiger partial charge in [-0.1, -0.05) is 17.7 Å². The van der Waals surface area contributed by atoms with Crippen molar-refractivity contribution in [3.05, 3.63) is 97.6 Å². The molecule has 12 heteroatoms. The highest BCUT2D eigenvalue weighted by molar-refractivity contribution is 5.97. The Bertz CT molecular complexity index is 1170. The van der Waals surface area contributed by atoms with Crippen molar-refractivity contribution in [1.29, 1.82) is 0 Å².